The molecule has 0 heterocycles. The van der Waals surface area contributed by atoms with E-state index in [1.54, 1.807) is 6.08 Å². The number of carboxylic acid groups (broad SMARTS) is 1. The zero-order valence-corrected chi connectivity index (χ0v) is 28.6. The van der Waals surface area contributed by atoms with Gasteiger partial charge in [-0.15, -0.1) is 5.73 Å². The van der Waals surface area contributed by atoms with Crippen LogP contribution in [0, 0.1) is 5.92 Å². The third-order valence-corrected chi connectivity index (χ3v) is 18.5. The van der Waals surface area contributed by atoms with Gasteiger partial charge in [0.15, 0.2) is 16.6 Å². The van der Waals surface area contributed by atoms with Crippen LogP contribution in [0.1, 0.15) is 85.6 Å². The Hall–Kier alpha value is -1.70. The van der Waals surface area contributed by atoms with Crippen LogP contribution in [0.15, 0.2) is 59.9 Å². The molecule has 4 nitrogen and oxygen atoms in total. The number of rotatable bonds is 17. The number of hydrogen-bond donors (Lipinski definition) is 1. The van der Waals surface area contributed by atoms with Crippen molar-refractivity contribution in [2.45, 2.75) is 135 Å². The first-order chi connectivity index (χ1) is 18.9. The van der Waals surface area contributed by atoms with Gasteiger partial charge in [-0.1, -0.05) is 83.5 Å². The number of carboxylic acids is 1. The fourth-order valence-electron chi connectivity index (χ4n) is 5.51. The summed E-state index contributed by atoms with van der Waals surface area (Å²) in [6.45, 7) is 18.6. The highest BCUT2D eigenvalue weighted by molar-refractivity contribution is 6.74. The van der Waals surface area contributed by atoms with Gasteiger partial charge in [-0.25, -0.2) is 0 Å². The third kappa shape index (κ3) is 10.6. The standard InChI is InChI=1S/C34H56O4Si2/c1-9-40(10-2,11-3)38-32-26-24-29(31(32)21-17-12-13-18-22-33(35)36)23-25-30(27-28-19-15-14-16-20-28)37-39(7,8)34(4,5)6/h12,14-16,18-20,24,30-32H,9-11,17,21-23,25-27H2,1-8H3,(H,35,36)/t13?,30?,31-,32+/m1/s1. The van der Waals surface area contributed by atoms with Gasteiger partial charge >= 0.3 is 5.97 Å². The van der Waals surface area contributed by atoms with Gasteiger partial charge < -0.3 is 14.0 Å². The average molecular weight is 585 g/mol. The lowest BCUT2D eigenvalue weighted by atomic mass is 9.90. The van der Waals surface area contributed by atoms with Crippen molar-refractivity contribution in [2.75, 3.05) is 0 Å². The van der Waals surface area contributed by atoms with E-state index in [2.05, 4.69) is 96.8 Å². The lowest BCUT2D eigenvalue weighted by Gasteiger charge is -2.39. The lowest BCUT2D eigenvalue weighted by Crippen LogP contribution is -2.44. The van der Waals surface area contributed by atoms with E-state index in [4.69, 9.17) is 14.0 Å². The Labute approximate surface area is 247 Å². The lowest BCUT2D eigenvalue weighted by molar-refractivity contribution is -0.136. The van der Waals surface area contributed by atoms with Crippen molar-refractivity contribution < 1.29 is 18.8 Å². The first-order valence-corrected chi connectivity index (χ1v) is 21.0. The molecular weight excluding hydrogens is 529 g/mol. The molecule has 0 fully saturated rings. The summed E-state index contributed by atoms with van der Waals surface area (Å²) in [6.07, 6.45) is 12.4. The molecule has 1 unspecified atom stereocenters. The summed E-state index contributed by atoms with van der Waals surface area (Å²) >= 11 is 0. The molecule has 0 aliphatic heterocycles. The van der Waals surface area contributed by atoms with Crippen LogP contribution in [0.2, 0.25) is 36.3 Å². The molecule has 6 heteroatoms. The first-order valence-electron chi connectivity index (χ1n) is 15.6. The topological polar surface area (TPSA) is 55.8 Å². The Balaban J connectivity index is 2.21. The molecule has 1 N–H and O–H groups in total. The van der Waals surface area contributed by atoms with Gasteiger partial charge in [0, 0.05) is 12.0 Å². The van der Waals surface area contributed by atoms with Crippen LogP contribution >= 0.6 is 0 Å². The molecule has 1 aliphatic rings. The van der Waals surface area contributed by atoms with E-state index >= 15 is 0 Å². The summed E-state index contributed by atoms with van der Waals surface area (Å²) in [5, 5.41) is 9.06. The minimum atomic E-state index is -1.91. The molecular formula is C34H56O4Si2. The molecule has 0 saturated carbocycles. The fraction of sp³-hybridized carbons (Fsp3) is 0.647. The molecule has 0 amide bonds. The normalized spacial score (nSPS) is 18.6. The van der Waals surface area contributed by atoms with Crippen molar-refractivity contribution in [2.24, 2.45) is 5.92 Å². The summed E-state index contributed by atoms with van der Waals surface area (Å²) in [4.78, 5) is 10.8. The van der Waals surface area contributed by atoms with E-state index < -0.39 is 22.6 Å². The SMILES string of the molecule is CC[Si](CC)(CC)O[C@H]1CC=C(CCC(Cc2ccccc2)O[Si](C)(C)C(C)(C)C)[C@H]1CCC=C=CCC(=O)O. The molecule has 224 valence electrons. The zero-order valence-electron chi connectivity index (χ0n) is 26.6. The molecule has 0 saturated heterocycles. The Bertz CT molecular complexity index is 990. The average Bonchev–Trinajstić information content (AvgIpc) is 3.28. The quantitative estimate of drug-likeness (QED) is 0.112. The summed E-state index contributed by atoms with van der Waals surface area (Å²) in [5.74, 6) is -0.417. The van der Waals surface area contributed by atoms with Gasteiger partial charge in [0.05, 0.1) is 12.5 Å². The molecule has 0 spiro atoms. The van der Waals surface area contributed by atoms with Crippen molar-refractivity contribution >= 4 is 22.6 Å². The van der Waals surface area contributed by atoms with Crippen molar-refractivity contribution in [3.8, 4) is 0 Å². The number of carbonyl (C=O) groups is 1. The monoisotopic (exact) mass is 584 g/mol. The molecule has 1 aliphatic carbocycles. The van der Waals surface area contributed by atoms with Crippen molar-refractivity contribution in [1.29, 1.82) is 0 Å². The van der Waals surface area contributed by atoms with Crippen LogP contribution in [-0.2, 0) is 20.1 Å². The van der Waals surface area contributed by atoms with Gasteiger partial charge in [0.2, 0.25) is 0 Å². The molecule has 0 bridgehead atoms. The largest absolute Gasteiger partial charge is 0.481 e. The zero-order chi connectivity index (χ0) is 29.8. The van der Waals surface area contributed by atoms with Crippen LogP contribution in [0.5, 0.6) is 0 Å². The first kappa shape index (κ1) is 34.5. The molecule has 2 rings (SSSR count). The van der Waals surface area contributed by atoms with Crippen LogP contribution in [0.25, 0.3) is 0 Å². The number of hydrogen-bond acceptors (Lipinski definition) is 3. The summed E-state index contributed by atoms with van der Waals surface area (Å²) < 4.78 is 14.1. The highest BCUT2D eigenvalue weighted by atomic mass is 28.4. The maximum absolute atomic E-state index is 10.8. The third-order valence-electron chi connectivity index (χ3n) is 9.33. The van der Waals surface area contributed by atoms with Crippen molar-refractivity contribution in [3.63, 3.8) is 0 Å². The molecule has 40 heavy (non-hydrogen) atoms. The van der Waals surface area contributed by atoms with Gasteiger partial charge in [0.1, 0.15) is 0 Å². The number of aliphatic carboxylic acids is 1. The van der Waals surface area contributed by atoms with Crippen LogP contribution in [-0.4, -0.2) is 39.9 Å². The maximum atomic E-state index is 10.8. The second-order valence-corrected chi connectivity index (χ2v) is 22.5. The minimum absolute atomic E-state index is 0.0193. The smallest absolute Gasteiger partial charge is 0.307 e. The van der Waals surface area contributed by atoms with Gasteiger partial charge in [-0.2, -0.15) is 0 Å². The summed E-state index contributed by atoms with van der Waals surface area (Å²) in [5.41, 5.74) is 5.94. The highest BCUT2D eigenvalue weighted by Gasteiger charge is 2.40. The summed E-state index contributed by atoms with van der Waals surface area (Å²) in [7, 11) is -3.64. The Morgan fingerprint density at radius 3 is 2.33 bits per heavy atom. The molecule has 1 aromatic rings. The van der Waals surface area contributed by atoms with E-state index in [0.717, 1.165) is 56.7 Å². The number of benzene rings is 1. The Morgan fingerprint density at radius 1 is 1.10 bits per heavy atom. The highest BCUT2D eigenvalue weighted by Crippen LogP contribution is 2.41. The molecule has 0 aromatic heterocycles. The molecule has 0 radical (unpaired) electrons. The van der Waals surface area contributed by atoms with E-state index in [1.165, 1.54) is 11.1 Å². The van der Waals surface area contributed by atoms with Crippen LogP contribution in [0.3, 0.4) is 0 Å². The molecule has 1 aromatic carbocycles. The van der Waals surface area contributed by atoms with E-state index in [1.807, 2.05) is 6.08 Å². The van der Waals surface area contributed by atoms with Gasteiger partial charge in [0.25, 0.3) is 0 Å². The van der Waals surface area contributed by atoms with Crippen LogP contribution in [0.4, 0.5) is 0 Å². The van der Waals surface area contributed by atoms with Crippen molar-refractivity contribution in [3.05, 3.63) is 65.4 Å². The van der Waals surface area contributed by atoms with Gasteiger partial charge in [-0.3, -0.25) is 4.79 Å². The van der Waals surface area contributed by atoms with Gasteiger partial charge in [-0.05, 0) is 92.5 Å². The second kappa shape index (κ2) is 16.1. The van der Waals surface area contributed by atoms with Crippen LogP contribution < -0.4 is 0 Å². The van der Waals surface area contributed by atoms with Crippen molar-refractivity contribution in [1.82, 2.24) is 0 Å². The fourth-order valence-corrected chi connectivity index (χ4v) is 9.80. The Morgan fingerprint density at radius 2 is 1.75 bits per heavy atom. The second-order valence-electron chi connectivity index (χ2n) is 13.0. The predicted octanol–water partition coefficient (Wildman–Crippen LogP) is 9.70. The summed E-state index contributed by atoms with van der Waals surface area (Å²) in [6, 6.07) is 14.3. The van der Waals surface area contributed by atoms with E-state index in [9.17, 15) is 4.79 Å². The minimum Gasteiger partial charge on any atom is -0.481 e. The molecule has 3 atom stereocenters. The van der Waals surface area contributed by atoms with E-state index in [0.29, 0.717) is 5.92 Å². The Kier molecular flexibility index (Phi) is 13.9. The maximum Gasteiger partial charge on any atom is 0.307 e. The predicted molar refractivity (Wildman–Crippen MR) is 174 cm³/mol. The van der Waals surface area contributed by atoms with E-state index in [-0.39, 0.29) is 23.7 Å².